The molecular formula is C23H32N4O. The van der Waals surface area contributed by atoms with Crippen LogP contribution in [0, 0.1) is 11.8 Å². The predicted molar refractivity (Wildman–Crippen MR) is 113 cm³/mol. The zero-order chi connectivity index (χ0) is 19.9. The Kier molecular flexibility index (Phi) is 4.94. The highest BCUT2D eigenvalue weighted by molar-refractivity contribution is 5.77. The molecule has 28 heavy (non-hydrogen) atoms. The summed E-state index contributed by atoms with van der Waals surface area (Å²) in [5.74, 6) is 2.31. The largest absolute Gasteiger partial charge is 0.355 e. The van der Waals surface area contributed by atoms with Crippen LogP contribution in [0.4, 0.5) is 5.69 Å². The molecular weight excluding hydrogens is 348 g/mol. The summed E-state index contributed by atoms with van der Waals surface area (Å²) >= 11 is 0. The summed E-state index contributed by atoms with van der Waals surface area (Å²) in [5.41, 5.74) is 2.29. The van der Waals surface area contributed by atoms with Gasteiger partial charge in [-0.2, -0.15) is 0 Å². The fraction of sp³-hybridized carbons (Fsp3) is 0.565. The number of amides is 1. The van der Waals surface area contributed by atoms with Gasteiger partial charge < -0.3 is 14.4 Å². The highest BCUT2D eigenvalue weighted by Crippen LogP contribution is 2.47. The van der Waals surface area contributed by atoms with E-state index in [9.17, 15) is 4.79 Å². The van der Waals surface area contributed by atoms with E-state index < -0.39 is 0 Å². The number of aromatic nitrogens is 2. The molecule has 4 heterocycles. The molecule has 0 aromatic carbocycles. The molecule has 0 aliphatic carbocycles. The second-order valence-electron chi connectivity index (χ2n) is 9.14. The third-order valence-corrected chi connectivity index (χ3v) is 6.14. The molecule has 4 rings (SSSR count). The van der Waals surface area contributed by atoms with E-state index in [0.717, 1.165) is 38.3 Å². The Morgan fingerprint density at radius 2 is 2.00 bits per heavy atom. The maximum Gasteiger partial charge on any atom is 0.222 e. The molecule has 2 aliphatic heterocycles. The van der Waals surface area contributed by atoms with E-state index in [1.807, 2.05) is 12.3 Å². The molecule has 0 bridgehead atoms. The van der Waals surface area contributed by atoms with Crippen molar-refractivity contribution in [3.8, 4) is 5.82 Å². The van der Waals surface area contributed by atoms with Gasteiger partial charge in [0.25, 0.3) is 0 Å². The van der Waals surface area contributed by atoms with E-state index in [0.29, 0.717) is 18.3 Å². The maximum atomic E-state index is 12.8. The van der Waals surface area contributed by atoms with Crippen LogP contribution in [0.5, 0.6) is 0 Å². The normalized spacial score (nSPS) is 20.9. The summed E-state index contributed by atoms with van der Waals surface area (Å²) in [7, 11) is 0. The lowest BCUT2D eigenvalue weighted by Gasteiger charge is -2.47. The van der Waals surface area contributed by atoms with Crippen LogP contribution in [0.1, 0.15) is 52.7 Å². The van der Waals surface area contributed by atoms with E-state index >= 15 is 0 Å². The van der Waals surface area contributed by atoms with Crippen LogP contribution in [0.25, 0.3) is 5.82 Å². The highest BCUT2D eigenvalue weighted by atomic mass is 16.2. The summed E-state index contributed by atoms with van der Waals surface area (Å²) in [6.07, 6.45) is 6.70. The van der Waals surface area contributed by atoms with Crippen LogP contribution >= 0.6 is 0 Å². The minimum atomic E-state index is -0.166. The smallest absolute Gasteiger partial charge is 0.222 e. The molecule has 1 amide bonds. The van der Waals surface area contributed by atoms with Crippen LogP contribution in [0.3, 0.4) is 0 Å². The number of hydrogen-bond donors (Lipinski definition) is 0. The third-order valence-electron chi connectivity index (χ3n) is 6.14. The van der Waals surface area contributed by atoms with Gasteiger partial charge in [0, 0.05) is 38.4 Å². The third kappa shape index (κ3) is 3.11. The van der Waals surface area contributed by atoms with Crippen molar-refractivity contribution < 1.29 is 4.79 Å². The molecule has 5 nitrogen and oxygen atoms in total. The summed E-state index contributed by atoms with van der Waals surface area (Å²) in [6, 6.07) is 8.54. The molecule has 2 aromatic rings. The Morgan fingerprint density at radius 3 is 2.75 bits per heavy atom. The fourth-order valence-electron chi connectivity index (χ4n) is 4.73. The van der Waals surface area contributed by atoms with Crippen molar-refractivity contribution in [1.82, 2.24) is 14.5 Å². The lowest BCUT2D eigenvalue weighted by molar-refractivity contribution is -0.131. The van der Waals surface area contributed by atoms with Crippen molar-refractivity contribution in [2.75, 3.05) is 24.5 Å². The number of fused-ring (bicyclic) bond motifs is 4. The summed E-state index contributed by atoms with van der Waals surface area (Å²) in [6.45, 7) is 11.3. The van der Waals surface area contributed by atoms with Crippen LogP contribution in [0.15, 0.2) is 36.7 Å². The van der Waals surface area contributed by atoms with Crippen molar-refractivity contribution in [3.05, 3.63) is 42.4 Å². The molecule has 1 fully saturated rings. The Balaban J connectivity index is 1.75. The number of nitrogens with zero attached hydrogens (tertiary/aromatic N) is 4. The molecule has 0 unspecified atom stereocenters. The Morgan fingerprint density at radius 1 is 1.18 bits per heavy atom. The van der Waals surface area contributed by atoms with Gasteiger partial charge in [-0.05, 0) is 48.9 Å². The van der Waals surface area contributed by atoms with Gasteiger partial charge in [-0.25, -0.2) is 4.98 Å². The molecule has 0 radical (unpaired) electrons. The molecule has 1 saturated heterocycles. The molecule has 5 heteroatoms. The minimum Gasteiger partial charge on any atom is -0.355 e. The van der Waals surface area contributed by atoms with Crippen molar-refractivity contribution in [1.29, 1.82) is 0 Å². The van der Waals surface area contributed by atoms with Gasteiger partial charge in [-0.15, -0.1) is 0 Å². The van der Waals surface area contributed by atoms with E-state index in [-0.39, 0.29) is 11.4 Å². The fourth-order valence-corrected chi connectivity index (χ4v) is 4.73. The second kappa shape index (κ2) is 7.26. The molecule has 1 spiro atoms. The molecule has 0 N–H and O–H groups in total. The number of likely N-dealkylation sites (tertiary alicyclic amines) is 1. The number of carbonyl (C=O) groups excluding carboxylic acids is 1. The topological polar surface area (TPSA) is 41.4 Å². The van der Waals surface area contributed by atoms with Crippen LogP contribution < -0.4 is 4.90 Å². The van der Waals surface area contributed by atoms with Gasteiger partial charge in [0.15, 0.2) is 5.82 Å². The summed E-state index contributed by atoms with van der Waals surface area (Å²) in [5, 5.41) is 0. The molecule has 150 valence electrons. The van der Waals surface area contributed by atoms with E-state index in [4.69, 9.17) is 4.98 Å². The number of hydrogen-bond acceptors (Lipinski definition) is 3. The molecule has 0 saturated carbocycles. The minimum absolute atomic E-state index is 0.166. The van der Waals surface area contributed by atoms with Crippen molar-refractivity contribution in [2.24, 2.45) is 11.8 Å². The Bertz CT molecular complexity index is 856. The summed E-state index contributed by atoms with van der Waals surface area (Å²) in [4.78, 5) is 22.2. The standard InChI is InChI=1S/C23H32N4O/c1-17(2)9-13-27-19-7-5-11-24-22(19)26-12-6-8-20(26)23(27)10-14-25(16-23)21(28)15-18(3)4/h5-8,11-12,17-18H,9-10,13-16H2,1-4H3/t23-/m0/s1. The van der Waals surface area contributed by atoms with Gasteiger partial charge in [0.2, 0.25) is 5.91 Å². The first-order valence-electron chi connectivity index (χ1n) is 10.6. The average Bonchev–Trinajstić information content (AvgIpc) is 3.29. The SMILES string of the molecule is CC(C)CCN1c2cccnc2-n2cccc2[C@@]12CCN(C(=O)CC(C)C)C2. The van der Waals surface area contributed by atoms with Crippen LogP contribution in [-0.4, -0.2) is 40.0 Å². The Labute approximate surface area is 168 Å². The van der Waals surface area contributed by atoms with Crippen molar-refractivity contribution in [3.63, 3.8) is 0 Å². The molecule has 2 aromatic heterocycles. The van der Waals surface area contributed by atoms with Gasteiger partial charge in [-0.1, -0.05) is 27.7 Å². The zero-order valence-corrected chi connectivity index (χ0v) is 17.6. The summed E-state index contributed by atoms with van der Waals surface area (Å²) < 4.78 is 2.23. The number of rotatable bonds is 5. The van der Waals surface area contributed by atoms with Crippen molar-refractivity contribution in [2.45, 2.75) is 52.5 Å². The number of carbonyl (C=O) groups is 1. The van der Waals surface area contributed by atoms with Crippen molar-refractivity contribution >= 4 is 11.6 Å². The monoisotopic (exact) mass is 380 g/mol. The Hall–Kier alpha value is -2.30. The number of anilines is 1. The zero-order valence-electron chi connectivity index (χ0n) is 17.6. The van der Waals surface area contributed by atoms with Crippen LogP contribution in [0.2, 0.25) is 0 Å². The van der Waals surface area contributed by atoms with E-state index in [1.54, 1.807) is 0 Å². The first-order valence-corrected chi connectivity index (χ1v) is 10.6. The van der Waals surface area contributed by atoms with E-state index in [1.165, 1.54) is 11.4 Å². The van der Waals surface area contributed by atoms with Gasteiger partial charge >= 0.3 is 0 Å². The maximum absolute atomic E-state index is 12.8. The van der Waals surface area contributed by atoms with Gasteiger partial charge in [-0.3, -0.25) is 4.79 Å². The highest BCUT2D eigenvalue weighted by Gasteiger charge is 2.50. The lowest BCUT2D eigenvalue weighted by Crippen LogP contribution is -2.53. The predicted octanol–water partition coefficient (Wildman–Crippen LogP) is 4.21. The van der Waals surface area contributed by atoms with E-state index in [2.05, 4.69) is 66.5 Å². The van der Waals surface area contributed by atoms with Gasteiger partial charge in [0.05, 0.1) is 11.4 Å². The van der Waals surface area contributed by atoms with Crippen LogP contribution in [-0.2, 0) is 10.3 Å². The molecule has 1 atom stereocenters. The average molecular weight is 381 g/mol. The quantitative estimate of drug-likeness (QED) is 0.780. The number of pyridine rings is 1. The first-order chi connectivity index (χ1) is 13.4. The van der Waals surface area contributed by atoms with Gasteiger partial charge in [0.1, 0.15) is 5.54 Å². The molecule has 2 aliphatic rings. The lowest BCUT2D eigenvalue weighted by atomic mass is 9.88. The second-order valence-corrected chi connectivity index (χ2v) is 9.14. The first kappa shape index (κ1) is 19.0.